The van der Waals surface area contributed by atoms with Gasteiger partial charge >= 0.3 is 0 Å². The van der Waals surface area contributed by atoms with Crippen LogP contribution in [-0.2, 0) is 16.6 Å². The predicted molar refractivity (Wildman–Crippen MR) is 131 cm³/mol. The highest BCUT2D eigenvalue weighted by molar-refractivity contribution is 7.89. The Morgan fingerprint density at radius 1 is 1.03 bits per heavy atom. The van der Waals surface area contributed by atoms with Crippen LogP contribution in [0.1, 0.15) is 15.2 Å². The zero-order valence-corrected chi connectivity index (χ0v) is 20.0. The van der Waals surface area contributed by atoms with E-state index in [9.17, 15) is 17.6 Å². The second kappa shape index (κ2) is 10.5. The summed E-state index contributed by atoms with van der Waals surface area (Å²) >= 11 is 1.58. The van der Waals surface area contributed by atoms with E-state index in [2.05, 4.69) is 15.5 Å². The monoisotopic (exact) mass is 497 g/mol. The molecule has 0 radical (unpaired) electrons. The van der Waals surface area contributed by atoms with Crippen molar-refractivity contribution in [2.24, 2.45) is 0 Å². The minimum absolute atomic E-state index is 0.0646. The maximum Gasteiger partial charge on any atom is 0.253 e. The lowest BCUT2D eigenvalue weighted by molar-refractivity contribution is 0.0629. The molecule has 34 heavy (non-hydrogen) atoms. The van der Waals surface area contributed by atoms with Crippen LogP contribution in [0.2, 0.25) is 0 Å². The van der Waals surface area contributed by atoms with Crippen LogP contribution in [0.25, 0.3) is 10.4 Å². The van der Waals surface area contributed by atoms with Crippen molar-refractivity contribution in [2.75, 3.05) is 32.7 Å². The van der Waals surface area contributed by atoms with E-state index < -0.39 is 10.0 Å². The molecule has 2 heterocycles. The van der Waals surface area contributed by atoms with Crippen molar-refractivity contribution in [1.82, 2.24) is 14.5 Å². The first-order valence-electron chi connectivity index (χ1n) is 10.8. The van der Waals surface area contributed by atoms with Crippen LogP contribution in [0, 0.1) is 18.2 Å². The normalized spacial score (nSPS) is 14.6. The summed E-state index contributed by atoms with van der Waals surface area (Å²) < 4.78 is 40.6. The Labute approximate surface area is 203 Å². The van der Waals surface area contributed by atoms with Gasteiger partial charge < -0.3 is 4.90 Å². The maximum absolute atomic E-state index is 14.1. The van der Waals surface area contributed by atoms with Gasteiger partial charge in [0.05, 0.1) is 11.4 Å². The van der Waals surface area contributed by atoms with Crippen LogP contribution in [0.15, 0.2) is 65.6 Å². The third-order valence-electron chi connectivity index (χ3n) is 5.62. The van der Waals surface area contributed by atoms with E-state index in [0.717, 1.165) is 29.4 Å². The van der Waals surface area contributed by atoms with Gasteiger partial charge in [0.2, 0.25) is 10.0 Å². The molecule has 0 bridgehead atoms. The Bertz CT molecular complexity index is 1310. The average molecular weight is 498 g/mol. The summed E-state index contributed by atoms with van der Waals surface area (Å²) in [6.45, 7) is 3.26. The minimum atomic E-state index is -3.69. The quantitative estimate of drug-likeness (QED) is 0.508. The highest BCUT2D eigenvalue weighted by Crippen LogP contribution is 2.30. The summed E-state index contributed by atoms with van der Waals surface area (Å²) in [7, 11) is -3.69. The van der Waals surface area contributed by atoms with Gasteiger partial charge in [-0.2, -0.15) is 4.72 Å². The lowest BCUT2D eigenvalue weighted by Crippen LogP contribution is -2.48. The van der Waals surface area contributed by atoms with Crippen molar-refractivity contribution in [3.63, 3.8) is 0 Å². The number of carbonyl (C=O) groups excluding carboxylic acids is 1. The largest absolute Gasteiger partial charge is 0.336 e. The number of piperazine rings is 1. The second-order valence-electron chi connectivity index (χ2n) is 7.87. The highest BCUT2D eigenvalue weighted by atomic mass is 32.2. The molecule has 4 rings (SSSR count). The fourth-order valence-corrected chi connectivity index (χ4v) is 5.79. The van der Waals surface area contributed by atoms with Gasteiger partial charge in [-0.15, -0.1) is 17.8 Å². The zero-order valence-electron chi connectivity index (χ0n) is 18.4. The molecule has 176 valence electrons. The smallest absolute Gasteiger partial charge is 0.253 e. The van der Waals surface area contributed by atoms with Crippen molar-refractivity contribution in [3.8, 4) is 22.8 Å². The number of halogens is 1. The number of nitrogens with zero attached hydrogens (tertiary/aromatic N) is 2. The van der Waals surface area contributed by atoms with Crippen molar-refractivity contribution in [1.29, 1.82) is 0 Å². The van der Waals surface area contributed by atoms with Gasteiger partial charge in [0.25, 0.3) is 5.91 Å². The zero-order chi connectivity index (χ0) is 24.1. The molecule has 1 aromatic heterocycles. The van der Waals surface area contributed by atoms with E-state index in [4.69, 9.17) is 6.42 Å². The topological polar surface area (TPSA) is 69.7 Å². The lowest BCUT2D eigenvalue weighted by atomic mass is 10.2. The first-order valence-corrected chi connectivity index (χ1v) is 13.1. The van der Waals surface area contributed by atoms with Crippen LogP contribution in [0.5, 0.6) is 0 Å². The predicted octanol–water partition coefficient (Wildman–Crippen LogP) is 3.42. The summed E-state index contributed by atoms with van der Waals surface area (Å²) in [5, 5.41) is 0. The second-order valence-corrected chi connectivity index (χ2v) is 10.8. The molecular formula is C25H24FN3O3S2. The molecule has 0 unspecified atom stereocenters. The maximum atomic E-state index is 14.1. The van der Waals surface area contributed by atoms with E-state index in [1.807, 2.05) is 18.2 Å². The molecule has 2 aromatic carbocycles. The molecule has 3 aromatic rings. The summed E-state index contributed by atoms with van der Waals surface area (Å²) in [6.07, 6.45) is 5.10. The molecular weight excluding hydrogens is 473 g/mol. The molecule has 0 aliphatic carbocycles. The van der Waals surface area contributed by atoms with Crippen LogP contribution in [-0.4, -0.2) is 56.8 Å². The van der Waals surface area contributed by atoms with Crippen LogP contribution >= 0.6 is 11.3 Å². The molecule has 1 N–H and O–H groups in total. The standard InChI is InChI=1S/C25H24FN3O3S2/c1-2-13-27-34(31,32)21-10-7-19(8-11-21)25(30)29-16-14-28(15-17-29)18-20-9-12-24(33-20)22-5-3-4-6-23(22)26/h1,3-12,27H,13-18H2. The number of rotatable bonds is 7. The van der Waals surface area contributed by atoms with Gasteiger partial charge in [-0.1, -0.05) is 24.1 Å². The van der Waals surface area contributed by atoms with E-state index in [1.54, 1.807) is 28.4 Å². The van der Waals surface area contributed by atoms with Gasteiger partial charge in [-0.3, -0.25) is 9.69 Å². The molecule has 9 heteroatoms. The average Bonchev–Trinajstić information content (AvgIpc) is 3.31. The molecule has 0 saturated carbocycles. The van der Waals surface area contributed by atoms with Gasteiger partial charge in [0, 0.05) is 53.6 Å². The van der Waals surface area contributed by atoms with Crippen LogP contribution < -0.4 is 4.72 Å². The first kappa shape index (κ1) is 24.1. The van der Waals surface area contributed by atoms with E-state index in [-0.39, 0.29) is 23.2 Å². The molecule has 1 saturated heterocycles. The fraction of sp³-hybridized carbons (Fsp3) is 0.240. The van der Waals surface area contributed by atoms with Crippen molar-refractivity contribution in [2.45, 2.75) is 11.4 Å². The highest BCUT2D eigenvalue weighted by Gasteiger charge is 2.23. The Morgan fingerprint density at radius 2 is 1.74 bits per heavy atom. The van der Waals surface area contributed by atoms with Crippen molar-refractivity contribution < 1.29 is 17.6 Å². The number of amides is 1. The van der Waals surface area contributed by atoms with Crippen LogP contribution in [0.3, 0.4) is 0 Å². The number of carbonyl (C=O) groups is 1. The molecule has 1 amide bonds. The number of nitrogens with one attached hydrogen (secondary N) is 1. The van der Waals surface area contributed by atoms with Gasteiger partial charge in [0.15, 0.2) is 0 Å². The Kier molecular flexibility index (Phi) is 7.44. The summed E-state index contributed by atoms with van der Waals surface area (Å²) in [5.41, 5.74) is 1.05. The lowest BCUT2D eigenvalue weighted by Gasteiger charge is -2.34. The van der Waals surface area contributed by atoms with Gasteiger partial charge in [-0.05, 0) is 42.5 Å². The summed E-state index contributed by atoms with van der Waals surface area (Å²) in [4.78, 5) is 19.0. The molecule has 6 nitrogen and oxygen atoms in total. The SMILES string of the molecule is C#CCNS(=O)(=O)c1ccc(C(=O)N2CCN(Cc3ccc(-c4ccccc4F)s3)CC2)cc1. The molecule has 0 spiro atoms. The summed E-state index contributed by atoms with van der Waals surface area (Å²) in [5.74, 6) is 1.88. The third-order valence-corrected chi connectivity index (χ3v) is 8.14. The van der Waals surface area contributed by atoms with E-state index >= 15 is 0 Å². The number of sulfonamides is 1. The Morgan fingerprint density at radius 3 is 2.41 bits per heavy atom. The minimum Gasteiger partial charge on any atom is -0.336 e. The van der Waals surface area contributed by atoms with Gasteiger partial charge in [0.1, 0.15) is 5.82 Å². The molecule has 0 atom stereocenters. The fourth-order valence-electron chi connectivity index (χ4n) is 3.78. The number of terminal acetylenes is 1. The number of hydrogen-bond acceptors (Lipinski definition) is 5. The van der Waals surface area contributed by atoms with Crippen LogP contribution in [0.4, 0.5) is 4.39 Å². The first-order chi connectivity index (χ1) is 16.4. The van der Waals surface area contributed by atoms with Crippen molar-refractivity contribution >= 4 is 27.3 Å². The Hall–Kier alpha value is -3.03. The molecule has 1 fully saturated rings. The number of benzene rings is 2. The number of hydrogen-bond donors (Lipinski definition) is 1. The van der Waals surface area contributed by atoms with Crippen molar-refractivity contribution in [3.05, 3.63) is 76.9 Å². The Balaban J connectivity index is 1.32. The summed E-state index contributed by atoms with van der Waals surface area (Å²) in [6, 6.07) is 16.6. The molecule has 1 aliphatic heterocycles. The van der Waals surface area contributed by atoms with E-state index in [0.29, 0.717) is 24.2 Å². The molecule has 1 aliphatic rings. The number of thiophene rings is 1. The van der Waals surface area contributed by atoms with Gasteiger partial charge in [-0.25, -0.2) is 12.8 Å². The van der Waals surface area contributed by atoms with E-state index in [1.165, 1.54) is 30.3 Å². The third kappa shape index (κ3) is 5.54.